The van der Waals surface area contributed by atoms with Gasteiger partial charge < -0.3 is 15.4 Å². The van der Waals surface area contributed by atoms with Crippen LogP contribution in [0.4, 0.5) is 4.79 Å². The molecular weight excluding hydrogens is 272 g/mol. The van der Waals surface area contributed by atoms with Gasteiger partial charge in [-0.15, -0.1) is 0 Å². The first-order chi connectivity index (χ1) is 7.63. The number of benzene rings is 1. The van der Waals surface area contributed by atoms with Crippen molar-refractivity contribution in [2.75, 3.05) is 20.1 Å². The van der Waals surface area contributed by atoms with Gasteiger partial charge in [0.2, 0.25) is 0 Å². The average Bonchev–Trinajstić information content (AvgIpc) is 2.28. The Balaban J connectivity index is 2.39. The number of likely N-dealkylation sites (N-methyl/N-ethyl adjacent to an activating group) is 1. The van der Waals surface area contributed by atoms with Crippen LogP contribution in [0, 0.1) is 0 Å². The van der Waals surface area contributed by atoms with Crippen molar-refractivity contribution in [1.29, 1.82) is 0 Å². The second-order valence-electron chi connectivity index (χ2n) is 3.39. The Labute approximate surface area is 103 Å². The Bertz CT molecular complexity index is 340. The van der Waals surface area contributed by atoms with E-state index in [1.807, 2.05) is 24.3 Å². The van der Waals surface area contributed by atoms with Crippen molar-refractivity contribution < 1.29 is 9.53 Å². The minimum atomic E-state index is -0.353. The van der Waals surface area contributed by atoms with E-state index in [0.717, 1.165) is 10.0 Å². The second-order valence-corrected chi connectivity index (χ2v) is 4.31. The molecule has 0 heterocycles. The van der Waals surface area contributed by atoms with Crippen molar-refractivity contribution in [3.05, 3.63) is 34.3 Å². The van der Waals surface area contributed by atoms with Gasteiger partial charge in [0, 0.05) is 24.6 Å². The number of carbonyl (C=O) groups excluding carboxylic acids is 1. The summed E-state index contributed by atoms with van der Waals surface area (Å²) in [4.78, 5) is 12.9. The smallest absolute Gasteiger partial charge is 0.409 e. The van der Waals surface area contributed by atoms with Gasteiger partial charge in [0.15, 0.2) is 0 Å². The lowest BCUT2D eigenvalue weighted by molar-refractivity contribution is 0.105. The molecule has 0 saturated heterocycles. The summed E-state index contributed by atoms with van der Waals surface area (Å²) in [7, 11) is 1.66. The van der Waals surface area contributed by atoms with Gasteiger partial charge in [-0.2, -0.15) is 0 Å². The summed E-state index contributed by atoms with van der Waals surface area (Å²) in [6.45, 7) is 1.21. The zero-order valence-electron chi connectivity index (χ0n) is 9.15. The fourth-order valence-corrected chi connectivity index (χ4v) is 1.39. The molecule has 0 fully saturated rings. The van der Waals surface area contributed by atoms with Crippen molar-refractivity contribution in [2.45, 2.75) is 6.61 Å². The molecule has 88 valence electrons. The third kappa shape index (κ3) is 4.20. The number of halogens is 1. The molecule has 4 nitrogen and oxygen atoms in total. The molecule has 1 aromatic rings. The van der Waals surface area contributed by atoms with E-state index < -0.39 is 0 Å². The maximum absolute atomic E-state index is 11.4. The summed E-state index contributed by atoms with van der Waals surface area (Å²) in [6.07, 6.45) is -0.353. The first-order valence-electron chi connectivity index (χ1n) is 4.96. The molecule has 0 saturated carbocycles. The van der Waals surface area contributed by atoms with E-state index in [2.05, 4.69) is 15.9 Å². The molecule has 0 radical (unpaired) electrons. The highest BCUT2D eigenvalue weighted by Crippen LogP contribution is 2.11. The standard InChI is InChI=1S/C11H15BrN2O2/c1-14(7-6-13)11(15)16-8-9-2-4-10(12)5-3-9/h2-5H,6-8,13H2,1H3. The number of rotatable bonds is 4. The molecule has 0 aromatic heterocycles. The number of hydrogen-bond acceptors (Lipinski definition) is 3. The fourth-order valence-electron chi connectivity index (χ4n) is 1.12. The quantitative estimate of drug-likeness (QED) is 0.921. The van der Waals surface area contributed by atoms with Crippen molar-refractivity contribution >= 4 is 22.0 Å². The number of carbonyl (C=O) groups is 1. The van der Waals surface area contributed by atoms with E-state index in [9.17, 15) is 4.79 Å². The minimum absolute atomic E-state index is 0.279. The van der Waals surface area contributed by atoms with Crippen LogP contribution in [0.2, 0.25) is 0 Å². The molecule has 0 atom stereocenters. The van der Waals surface area contributed by atoms with Crippen LogP contribution in [0.15, 0.2) is 28.7 Å². The van der Waals surface area contributed by atoms with Crippen LogP contribution >= 0.6 is 15.9 Å². The van der Waals surface area contributed by atoms with Gasteiger partial charge >= 0.3 is 6.09 Å². The van der Waals surface area contributed by atoms with Crippen LogP contribution in [-0.4, -0.2) is 31.1 Å². The fraction of sp³-hybridized carbons (Fsp3) is 0.364. The summed E-state index contributed by atoms with van der Waals surface area (Å²) >= 11 is 3.34. The van der Waals surface area contributed by atoms with Gasteiger partial charge in [-0.3, -0.25) is 0 Å². The van der Waals surface area contributed by atoms with E-state index in [1.54, 1.807) is 7.05 Å². The van der Waals surface area contributed by atoms with Crippen LogP contribution in [0.3, 0.4) is 0 Å². The van der Waals surface area contributed by atoms with Crippen LogP contribution in [-0.2, 0) is 11.3 Å². The number of nitrogens with two attached hydrogens (primary N) is 1. The Morgan fingerprint density at radius 2 is 2.06 bits per heavy atom. The predicted octanol–water partition coefficient (Wildman–Crippen LogP) is 1.98. The lowest BCUT2D eigenvalue weighted by Gasteiger charge is -2.15. The lowest BCUT2D eigenvalue weighted by Crippen LogP contribution is -2.32. The number of nitrogens with zero attached hydrogens (tertiary/aromatic N) is 1. The second kappa shape index (κ2) is 6.50. The van der Waals surface area contributed by atoms with Gasteiger partial charge in [0.1, 0.15) is 6.61 Å². The van der Waals surface area contributed by atoms with Crippen LogP contribution < -0.4 is 5.73 Å². The maximum Gasteiger partial charge on any atom is 0.409 e. The van der Waals surface area contributed by atoms with Crippen LogP contribution in [0.25, 0.3) is 0 Å². The van der Waals surface area contributed by atoms with E-state index >= 15 is 0 Å². The first-order valence-corrected chi connectivity index (χ1v) is 5.75. The van der Waals surface area contributed by atoms with Crippen molar-refractivity contribution in [3.8, 4) is 0 Å². The van der Waals surface area contributed by atoms with Crippen molar-refractivity contribution in [2.24, 2.45) is 5.73 Å². The number of amides is 1. The third-order valence-corrected chi connectivity index (χ3v) is 2.58. The van der Waals surface area contributed by atoms with E-state index in [0.29, 0.717) is 13.1 Å². The van der Waals surface area contributed by atoms with E-state index in [-0.39, 0.29) is 12.7 Å². The molecule has 0 aliphatic rings. The molecular formula is C11H15BrN2O2. The van der Waals surface area contributed by atoms with Gasteiger partial charge in [0.05, 0.1) is 0 Å². The minimum Gasteiger partial charge on any atom is -0.445 e. The van der Waals surface area contributed by atoms with Gasteiger partial charge in [-0.25, -0.2) is 4.79 Å². The topological polar surface area (TPSA) is 55.6 Å². The van der Waals surface area contributed by atoms with Crippen molar-refractivity contribution in [3.63, 3.8) is 0 Å². The molecule has 16 heavy (non-hydrogen) atoms. The first kappa shape index (κ1) is 13.0. The van der Waals surface area contributed by atoms with Crippen LogP contribution in [0.5, 0.6) is 0 Å². The average molecular weight is 287 g/mol. The number of hydrogen-bond donors (Lipinski definition) is 1. The number of ether oxygens (including phenoxy) is 1. The summed E-state index contributed by atoms with van der Waals surface area (Å²) < 4.78 is 6.10. The van der Waals surface area contributed by atoms with Crippen LogP contribution in [0.1, 0.15) is 5.56 Å². The summed E-state index contributed by atoms with van der Waals surface area (Å²) in [5.74, 6) is 0. The molecule has 5 heteroatoms. The molecule has 0 aliphatic carbocycles. The zero-order chi connectivity index (χ0) is 12.0. The predicted molar refractivity (Wildman–Crippen MR) is 66.0 cm³/mol. The summed E-state index contributed by atoms with van der Waals surface area (Å²) in [5.41, 5.74) is 6.29. The van der Waals surface area contributed by atoms with E-state index in [1.165, 1.54) is 4.90 Å². The molecule has 1 amide bonds. The highest BCUT2D eigenvalue weighted by Gasteiger charge is 2.08. The van der Waals surface area contributed by atoms with Crippen molar-refractivity contribution in [1.82, 2.24) is 4.90 Å². The van der Waals surface area contributed by atoms with Gasteiger partial charge in [0.25, 0.3) is 0 Å². The molecule has 0 spiro atoms. The third-order valence-electron chi connectivity index (χ3n) is 2.05. The summed E-state index contributed by atoms with van der Waals surface area (Å²) in [6, 6.07) is 7.63. The molecule has 2 N–H and O–H groups in total. The largest absolute Gasteiger partial charge is 0.445 e. The molecule has 0 aliphatic heterocycles. The Hall–Kier alpha value is -1.07. The van der Waals surface area contributed by atoms with E-state index in [4.69, 9.17) is 10.5 Å². The Morgan fingerprint density at radius 3 is 2.62 bits per heavy atom. The highest BCUT2D eigenvalue weighted by molar-refractivity contribution is 9.10. The molecule has 0 unspecified atom stereocenters. The molecule has 1 rings (SSSR count). The van der Waals surface area contributed by atoms with Gasteiger partial charge in [-0.1, -0.05) is 28.1 Å². The Morgan fingerprint density at radius 1 is 1.44 bits per heavy atom. The SMILES string of the molecule is CN(CCN)C(=O)OCc1ccc(Br)cc1. The maximum atomic E-state index is 11.4. The molecule has 1 aromatic carbocycles. The molecule has 0 bridgehead atoms. The monoisotopic (exact) mass is 286 g/mol. The van der Waals surface area contributed by atoms with Gasteiger partial charge in [-0.05, 0) is 17.7 Å². The lowest BCUT2D eigenvalue weighted by atomic mass is 10.2. The summed E-state index contributed by atoms with van der Waals surface area (Å²) in [5, 5.41) is 0. The highest BCUT2D eigenvalue weighted by atomic mass is 79.9. The Kier molecular flexibility index (Phi) is 5.28. The normalized spacial score (nSPS) is 9.94. The zero-order valence-corrected chi connectivity index (χ0v) is 10.7.